The highest BCUT2D eigenvalue weighted by Crippen LogP contribution is 2.22. The zero-order valence-corrected chi connectivity index (χ0v) is 11.1. The molecule has 2 heterocycles. The third-order valence-corrected chi connectivity index (χ3v) is 3.44. The average Bonchev–Trinajstić information content (AvgIpc) is 2.37. The number of nitrogens with zero attached hydrogens (tertiary/aromatic N) is 2. The molecule has 1 saturated heterocycles. The fourth-order valence-corrected chi connectivity index (χ4v) is 2.27. The van der Waals surface area contributed by atoms with Crippen molar-refractivity contribution in [3.63, 3.8) is 0 Å². The van der Waals surface area contributed by atoms with Crippen LogP contribution in [0.2, 0.25) is 0 Å². The maximum absolute atomic E-state index is 11.0. The van der Waals surface area contributed by atoms with Crippen LogP contribution in [-0.4, -0.2) is 37.9 Å². The fraction of sp³-hybridized carbons (Fsp3) is 0.636. The maximum Gasteiger partial charge on any atom is 0.209 e. The molecule has 0 saturated carbocycles. The first-order chi connectivity index (χ1) is 8.54. The monoisotopic (exact) mass is 271 g/mol. The second-order valence-electron chi connectivity index (χ2n) is 4.41. The summed E-state index contributed by atoms with van der Waals surface area (Å²) in [5, 5.41) is 0. The number of hydrogen-bond acceptors (Lipinski definition) is 5. The van der Waals surface area contributed by atoms with Gasteiger partial charge in [0.2, 0.25) is 10.0 Å². The van der Waals surface area contributed by atoms with E-state index in [1.165, 1.54) is 0 Å². The van der Waals surface area contributed by atoms with Gasteiger partial charge in [-0.25, -0.2) is 23.1 Å². The standard InChI is InChI=1S/C11H17N3O3S/c1-18(15,16)13-7-10-4-5-12-11(14-10)9-3-2-6-17-8-9/h4-5,9,13H,2-3,6-8H2,1H3/t9-/m0/s1. The van der Waals surface area contributed by atoms with Gasteiger partial charge in [-0.2, -0.15) is 0 Å². The molecule has 1 aliphatic rings. The number of sulfonamides is 1. The van der Waals surface area contributed by atoms with Crippen LogP contribution in [0.1, 0.15) is 30.3 Å². The molecule has 0 amide bonds. The van der Waals surface area contributed by atoms with Crippen LogP contribution in [0, 0.1) is 0 Å². The SMILES string of the molecule is CS(=O)(=O)NCc1ccnc([C@H]2CCCOC2)n1. The average molecular weight is 271 g/mol. The van der Waals surface area contributed by atoms with Gasteiger partial charge in [0.25, 0.3) is 0 Å². The summed E-state index contributed by atoms with van der Waals surface area (Å²) in [6.45, 7) is 1.64. The van der Waals surface area contributed by atoms with Crippen LogP contribution in [0.15, 0.2) is 12.3 Å². The van der Waals surface area contributed by atoms with Gasteiger partial charge in [-0.3, -0.25) is 0 Å². The Labute approximate surface area is 107 Å². The number of aromatic nitrogens is 2. The minimum atomic E-state index is -3.20. The van der Waals surface area contributed by atoms with Crippen LogP contribution in [0.3, 0.4) is 0 Å². The van der Waals surface area contributed by atoms with E-state index in [1.807, 2.05) is 0 Å². The summed E-state index contributed by atoms with van der Waals surface area (Å²) in [4.78, 5) is 8.62. The van der Waals surface area contributed by atoms with Gasteiger partial charge in [0.1, 0.15) is 5.82 Å². The van der Waals surface area contributed by atoms with Crippen LogP contribution in [-0.2, 0) is 21.3 Å². The molecule has 0 bridgehead atoms. The van der Waals surface area contributed by atoms with Gasteiger partial charge in [-0.05, 0) is 18.9 Å². The van der Waals surface area contributed by atoms with Crippen LogP contribution < -0.4 is 4.72 Å². The molecule has 0 aromatic carbocycles. The lowest BCUT2D eigenvalue weighted by atomic mass is 10.0. The van der Waals surface area contributed by atoms with E-state index in [0.717, 1.165) is 31.5 Å². The molecule has 2 rings (SSSR count). The van der Waals surface area contributed by atoms with Gasteiger partial charge >= 0.3 is 0 Å². The number of nitrogens with one attached hydrogen (secondary N) is 1. The van der Waals surface area contributed by atoms with E-state index in [0.29, 0.717) is 12.3 Å². The largest absolute Gasteiger partial charge is 0.381 e. The van der Waals surface area contributed by atoms with Crippen LogP contribution in [0.25, 0.3) is 0 Å². The molecule has 0 aliphatic carbocycles. The number of ether oxygens (including phenoxy) is 1. The summed E-state index contributed by atoms with van der Waals surface area (Å²) >= 11 is 0. The quantitative estimate of drug-likeness (QED) is 0.858. The number of hydrogen-bond donors (Lipinski definition) is 1. The van der Waals surface area contributed by atoms with Gasteiger partial charge in [-0.15, -0.1) is 0 Å². The first-order valence-corrected chi connectivity index (χ1v) is 7.78. The lowest BCUT2D eigenvalue weighted by Gasteiger charge is -2.20. The topological polar surface area (TPSA) is 81.2 Å². The zero-order chi connectivity index (χ0) is 13.0. The highest BCUT2D eigenvalue weighted by atomic mass is 32.2. The Morgan fingerprint density at radius 1 is 1.56 bits per heavy atom. The molecule has 1 aliphatic heterocycles. The Kier molecular flexibility index (Phi) is 4.26. The minimum Gasteiger partial charge on any atom is -0.381 e. The number of rotatable bonds is 4. The molecule has 0 spiro atoms. The Morgan fingerprint density at radius 2 is 2.39 bits per heavy atom. The van der Waals surface area contributed by atoms with Crippen molar-refractivity contribution in [1.82, 2.24) is 14.7 Å². The van der Waals surface area contributed by atoms with Crippen molar-refractivity contribution in [3.05, 3.63) is 23.8 Å². The van der Waals surface area contributed by atoms with Gasteiger partial charge < -0.3 is 4.74 Å². The predicted molar refractivity (Wildman–Crippen MR) is 66.5 cm³/mol. The van der Waals surface area contributed by atoms with E-state index < -0.39 is 10.0 Å². The summed E-state index contributed by atoms with van der Waals surface area (Å²) < 4.78 is 29.9. The van der Waals surface area contributed by atoms with E-state index in [1.54, 1.807) is 12.3 Å². The second-order valence-corrected chi connectivity index (χ2v) is 6.25. The highest BCUT2D eigenvalue weighted by Gasteiger charge is 2.18. The van der Waals surface area contributed by atoms with Crippen molar-refractivity contribution in [2.75, 3.05) is 19.5 Å². The lowest BCUT2D eigenvalue weighted by molar-refractivity contribution is 0.0780. The highest BCUT2D eigenvalue weighted by molar-refractivity contribution is 7.88. The first kappa shape index (κ1) is 13.4. The van der Waals surface area contributed by atoms with Gasteiger partial charge in [0, 0.05) is 18.7 Å². The van der Waals surface area contributed by atoms with E-state index in [2.05, 4.69) is 14.7 Å². The van der Waals surface area contributed by atoms with Crippen LogP contribution in [0.5, 0.6) is 0 Å². The van der Waals surface area contributed by atoms with Gasteiger partial charge in [0.05, 0.1) is 25.1 Å². The molecule has 1 aromatic heterocycles. The summed E-state index contributed by atoms with van der Waals surface area (Å²) in [6.07, 6.45) is 4.82. The molecule has 18 heavy (non-hydrogen) atoms. The molecular formula is C11H17N3O3S. The zero-order valence-electron chi connectivity index (χ0n) is 10.3. The summed E-state index contributed by atoms with van der Waals surface area (Å²) in [5.74, 6) is 0.958. The molecule has 1 fully saturated rings. The van der Waals surface area contributed by atoms with E-state index in [-0.39, 0.29) is 12.5 Å². The lowest BCUT2D eigenvalue weighted by Crippen LogP contribution is -2.23. The third-order valence-electron chi connectivity index (χ3n) is 2.77. The maximum atomic E-state index is 11.0. The van der Waals surface area contributed by atoms with Crippen molar-refractivity contribution in [3.8, 4) is 0 Å². The smallest absolute Gasteiger partial charge is 0.209 e. The molecule has 1 atom stereocenters. The molecule has 6 nitrogen and oxygen atoms in total. The summed E-state index contributed by atoms with van der Waals surface area (Å²) in [5.41, 5.74) is 0.677. The summed E-state index contributed by atoms with van der Waals surface area (Å²) in [6, 6.07) is 1.71. The van der Waals surface area contributed by atoms with Crippen molar-refractivity contribution in [2.24, 2.45) is 0 Å². The Morgan fingerprint density at radius 3 is 3.06 bits per heavy atom. The van der Waals surface area contributed by atoms with E-state index >= 15 is 0 Å². The summed E-state index contributed by atoms with van der Waals surface area (Å²) in [7, 11) is -3.20. The Bertz CT molecular complexity index is 498. The molecule has 1 N–H and O–H groups in total. The predicted octanol–water partition coefficient (Wildman–Crippen LogP) is 0.420. The third kappa shape index (κ3) is 4.01. The van der Waals surface area contributed by atoms with Crippen molar-refractivity contribution < 1.29 is 13.2 Å². The van der Waals surface area contributed by atoms with Crippen molar-refractivity contribution in [2.45, 2.75) is 25.3 Å². The van der Waals surface area contributed by atoms with Gasteiger partial charge in [0.15, 0.2) is 0 Å². The second kappa shape index (κ2) is 5.73. The molecule has 0 radical (unpaired) electrons. The first-order valence-electron chi connectivity index (χ1n) is 5.89. The van der Waals surface area contributed by atoms with Crippen LogP contribution >= 0.6 is 0 Å². The van der Waals surface area contributed by atoms with Crippen LogP contribution in [0.4, 0.5) is 0 Å². The van der Waals surface area contributed by atoms with Crippen molar-refractivity contribution >= 4 is 10.0 Å². The van der Waals surface area contributed by atoms with E-state index in [4.69, 9.17) is 4.74 Å². The van der Waals surface area contributed by atoms with E-state index in [9.17, 15) is 8.42 Å². The Balaban J connectivity index is 2.04. The molecular weight excluding hydrogens is 254 g/mol. The van der Waals surface area contributed by atoms with Crippen molar-refractivity contribution in [1.29, 1.82) is 0 Å². The Hall–Kier alpha value is -1.05. The molecule has 1 aromatic rings. The molecule has 7 heteroatoms. The minimum absolute atomic E-state index is 0.196. The molecule has 0 unspecified atom stereocenters. The van der Waals surface area contributed by atoms with Gasteiger partial charge in [-0.1, -0.05) is 0 Å². The molecule has 100 valence electrons. The fourth-order valence-electron chi connectivity index (χ4n) is 1.86. The normalized spacial score (nSPS) is 20.8.